The molecule has 0 atom stereocenters. The van der Waals surface area contributed by atoms with Gasteiger partial charge in [-0.25, -0.2) is 14.0 Å². The number of imidazole rings is 1. The van der Waals surface area contributed by atoms with Gasteiger partial charge in [-0.2, -0.15) is 0 Å². The third-order valence-corrected chi connectivity index (χ3v) is 5.14. The lowest BCUT2D eigenvalue weighted by Gasteiger charge is -2.12. The largest absolute Gasteiger partial charge is 0.384 e. The van der Waals surface area contributed by atoms with Crippen LogP contribution in [0.25, 0.3) is 0 Å². The molecule has 1 aromatic heterocycles. The van der Waals surface area contributed by atoms with E-state index in [-0.39, 0.29) is 5.69 Å². The number of nitrogens with zero attached hydrogens (tertiary/aromatic N) is 5. The van der Waals surface area contributed by atoms with Gasteiger partial charge in [-0.3, -0.25) is 10.1 Å². The molecule has 1 aromatic carbocycles. The van der Waals surface area contributed by atoms with Gasteiger partial charge in [-0.15, -0.1) is 0 Å². The van der Waals surface area contributed by atoms with Crippen LogP contribution in [0.4, 0.5) is 17.1 Å². The number of hydrogen-bond donors (Lipinski definition) is 2. The lowest BCUT2D eigenvalue weighted by atomic mass is 10.2. The summed E-state index contributed by atoms with van der Waals surface area (Å²) in [6.45, 7) is 2.17. The zero-order valence-corrected chi connectivity index (χ0v) is 18.0. The average molecular weight is 433 g/mol. The molecule has 0 saturated carbocycles. The van der Waals surface area contributed by atoms with Crippen molar-refractivity contribution >= 4 is 34.5 Å². The molecule has 9 nitrogen and oxygen atoms in total. The number of aromatic nitrogens is 2. The Kier molecular flexibility index (Phi) is 7.29. The third-order valence-electron chi connectivity index (χ3n) is 4.83. The predicted octanol–water partition coefficient (Wildman–Crippen LogP) is 2.72. The van der Waals surface area contributed by atoms with Crippen molar-refractivity contribution in [2.24, 2.45) is 7.05 Å². The van der Waals surface area contributed by atoms with Crippen LogP contribution in [0.5, 0.6) is 0 Å². The van der Waals surface area contributed by atoms with E-state index in [0.717, 1.165) is 31.6 Å². The van der Waals surface area contributed by atoms with Crippen molar-refractivity contribution in [3.05, 3.63) is 58.4 Å². The molecular weight excluding hydrogens is 406 g/mol. The van der Waals surface area contributed by atoms with Crippen molar-refractivity contribution in [1.82, 2.24) is 14.5 Å². The number of rotatable bonds is 11. The number of aliphatic imine (C=N–C) groups is 1. The fraction of sp³-hybridized carbons (Fsp3) is 0.400. The van der Waals surface area contributed by atoms with Gasteiger partial charge in [0.05, 0.1) is 42.7 Å². The Bertz CT molecular complexity index is 955. The molecule has 1 aliphatic heterocycles. The Labute approximate surface area is 180 Å². The van der Waals surface area contributed by atoms with Crippen molar-refractivity contribution in [2.75, 3.05) is 30.8 Å². The molecular formula is C20H27ClN7O2+2. The highest BCUT2D eigenvalue weighted by Crippen LogP contribution is 2.34. The van der Waals surface area contributed by atoms with Gasteiger partial charge in [-0.05, 0) is 12.5 Å². The van der Waals surface area contributed by atoms with E-state index < -0.39 is 4.92 Å². The normalized spacial score (nSPS) is 12.9. The zero-order chi connectivity index (χ0) is 21.5. The summed E-state index contributed by atoms with van der Waals surface area (Å²) in [7, 11) is 3.93. The number of nitro benzene ring substituents is 1. The second-order valence-electron chi connectivity index (χ2n) is 7.19. The van der Waals surface area contributed by atoms with E-state index in [2.05, 4.69) is 20.2 Å². The van der Waals surface area contributed by atoms with Crippen molar-refractivity contribution in [3.63, 3.8) is 0 Å². The van der Waals surface area contributed by atoms with Crippen molar-refractivity contribution < 1.29 is 9.49 Å². The molecule has 30 heavy (non-hydrogen) atoms. The summed E-state index contributed by atoms with van der Waals surface area (Å²) in [6.07, 6.45) is 12.2. The lowest BCUT2D eigenvalue weighted by Crippen LogP contribution is -2.23. The third kappa shape index (κ3) is 5.73. The molecule has 3 rings (SSSR count). The van der Waals surface area contributed by atoms with Crippen LogP contribution in [0, 0.1) is 10.1 Å². The molecule has 0 bridgehead atoms. The number of nitrogens with one attached hydrogen (secondary N) is 2. The summed E-state index contributed by atoms with van der Waals surface area (Å²) < 4.78 is 4.10. The van der Waals surface area contributed by atoms with Crippen LogP contribution in [-0.4, -0.2) is 40.4 Å². The van der Waals surface area contributed by atoms with Gasteiger partial charge >= 0.3 is 0 Å². The minimum absolute atomic E-state index is 0.0256. The Morgan fingerprint density at radius 2 is 2.00 bits per heavy atom. The van der Waals surface area contributed by atoms with Crippen LogP contribution >= 0.6 is 11.6 Å². The fourth-order valence-electron chi connectivity index (χ4n) is 3.22. The van der Waals surface area contributed by atoms with Gasteiger partial charge < -0.3 is 10.6 Å². The Morgan fingerprint density at radius 1 is 1.23 bits per heavy atom. The Balaban J connectivity index is 1.55. The van der Waals surface area contributed by atoms with E-state index in [0.29, 0.717) is 29.5 Å². The molecule has 0 fully saturated rings. The number of anilines is 2. The fourth-order valence-corrected chi connectivity index (χ4v) is 3.44. The minimum atomic E-state index is -0.414. The molecule has 2 aromatic rings. The predicted molar refractivity (Wildman–Crippen MR) is 119 cm³/mol. The summed E-state index contributed by atoms with van der Waals surface area (Å²) in [4.78, 5) is 17.3. The maximum Gasteiger partial charge on any atom is 0.298 e. The summed E-state index contributed by atoms with van der Waals surface area (Å²) in [6, 6.07) is 3.12. The molecule has 2 heterocycles. The van der Waals surface area contributed by atoms with Crippen molar-refractivity contribution in [2.45, 2.75) is 25.8 Å². The van der Waals surface area contributed by atoms with E-state index >= 15 is 0 Å². The minimum Gasteiger partial charge on any atom is -0.384 e. The highest BCUT2D eigenvalue weighted by atomic mass is 35.5. The van der Waals surface area contributed by atoms with Crippen molar-refractivity contribution in [3.8, 4) is 0 Å². The lowest BCUT2D eigenvalue weighted by molar-refractivity contribution is -0.671. The molecule has 1 radical (unpaired) electrons. The molecule has 1 aliphatic rings. The monoisotopic (exact) mass is 432 g/mol. The SMILES string of the molecule is CN1C=C[N+]=C1CCCNc1cc(NCCCn2cc[n+](C)c2)c(Cl)cc1[N+](=O)[O-]. The van der Waals surface area contributed by atoms with Gasteiger partial charge in [0.1, 0.15) is 24.3 Å². The smallest absolute Gasteiger partial charge is 0.298 e. The number of hydrogen-bond acceptors (Lipinski definition) is 6. The van der Waals surface area contributed by atoms with E-state index in [1.54, 1.807) is 12.3 Å². The van der Waals surface area contributed by atoms with Gasteiger partial charge in [0.2, 0.25) is 6.33 Å². The maximum absolute atomic E-state index is 11.4. The summed E-state index contributed by atoms with van der Waals surface area (Å²) >= 11 is 6.28. The van der Waals surface area contributed by atoms with E-state index in [9.17, 15) is 10.1 Å². The molecule has 0 amide bonds. The Hall–Kier alpha value is -3.07. The standard InChI is InChI=1S/C20H27ClN7O2/c1-25-11-12-27(15-25)9-4-7-22-17-14-18(19(28(29)30)13-16(17)21)23-6-3-5-20-24-8-10-26(20)2/h8,10-15,22-23H,3-7,9H2,1-2H3/q+2. The van der Waals surface area contributed by atoms with Crippen LogP contribution in [-0.2, 0) is 13.6 Å². The molecule has 0 spiro atoms. The van der Waals surface area contributed by atoms with Crippen molar-refractivity contribution in [1.29, 1.82) is 0 Å². The second kappa shape index (κ2) is 10.1. The maximum atomic E-state index is 11.4. The van der Waals surface area contributed by atoms with Crippen LogP contribution in [0.15, 0.2) is 43.3 Å². The quantitative estimate of drug-likeness (QED) is 0.246. The summed E-state index contributed by atoms with van der Waals surface area (Å²) in [5, 5.41) is 18.2. The van der Waals surface area contributed by atoms with E-state index in [1.165, 1.54) is 6.07 Å². The number of amidine groups is 1. The molecule has 159 valence electrons. The van der Waals surface area contributed by atoms with E-state index in [4.69, 9.17) is 11.6 Å². The van der Waals surface area contributed by atoms with Crippen LogP contribution in [0.1, 0.15) is 19.3 Å². The van der Waals surface area contributed by atoms with Crippen LogP contribution in [0.2, 0.25) is 5.02 Å². The second-order valence-corrected chi connectivity index (χ2v) is 7.60. The van der Waals surface area contributed by atoms with Gasteiger partial charge in [0.25, 0.3) is 11.5 Å². The molecule has 0 unspecified atom stereocenters. The number of halogens is 1. The van der Waals surface area contributed by atoms with Gasteiger partial charge in [-0.1, -0.05) is 16.6 Å². The number of nitro groups is 1. The highest BCUT2D eigenvalue weighted by Gasteiger charge is 2.20. The first kappa shape index (κ1) is 21.6. The summed E-state index contributed by atoms with van der Waals surface area (Å²) in [5.74, 6) is 0.987. The van der Waals surface area contributed by atoms with E-state index in [1.807, 2.05) is 48.5 Å². The zero-order valence-electron chi connectivity index (χ0n) is 17.2. The number of benzene rings is 1. The topological polar surface area (TPSA) is 93.4 Å². The summed E-state index contributed by atoms with van der Waals surface area (Å²) in [5.41, 5.74) is 1.12. The highest BCUT2D eigenvalue weighted by molar-refractivity contribution is 6.33. The van der Waals surface area contributed by atoms with Crippen LogP contribution < -0.4 is 20.2 Å². The van der Waals surface area contributed by atoms with Crippen LogP contribution in [0.3, 0.4) is 0 Å². The molecule has 0 saturated heterocycles. The number of aryl methyl sites for hydroxylation is 2. The first-order valence-corrected chi connectivity index (χ1v) is 10.2. The first-order chi connectivity index (χ1) is 14.4. The Morgan fingerprint density at radius 3 is 2.67 bits per heavy atom. The van der Waals surface area contributed by atoms with Gasteiger partial charge in [0, 0.05) is 25.6 Å². The molecule has 2 N–H and O–H groups in total. The van der Waals surface area contributed by atoms with Gasteiger partial charge in [0.15, 0.2) is 6.20 Å². The molecule has 0 aliphatic carbocycles. The first-order valence-electron chi connectivity index (χ1n) is 9.87. The average Bonchev–Trinajstić information content (AvgIpc) is 3.31. The molecule has 10 heteroatoms.